The molecule has 2 unspecified atom stereocenters. The van der Waals surface area contributed by atoms with Gasteiger partial charge in [0.15, 0.2) is 0 Å². The van der Waals surface area contributed by atoms with Crippen molar-refractivity contribution in [2.24, 2.45) is 0 Å². The lowest BCUT2D eigenvalue weighted by Crippen LogP contribution is -2.40. The van der Waals surface area contributed by atoms with Gasteiger partial charge >= 0.3 is 12.1 Å². The summed E-state index contributed by atoms with van der Waals surface area (Å²) in [6, 6.07) is 6.04. The van der Waals surface area contributed by atoms with Gasteiger partial charge < -0.3 is 19.7 Å². The van der Waals surface area contributed by atoms with Gasteiger partial charge in [0, 0.05) is 6.42 Å². The van der Waals surface area contributed by atoms with Crippen molar-refractivity contribution in [2.45, 2.75) is 25.2 Å². The van der Waals surface area contributed by atoms with Crippen molar-refractivity contribution >= 4 is 12.1 Å². The van der Waals surface area contributed by atoms with Gasteiger partial charge in [-0.1, -0.05) is 12.1 Å². The first-order chi connectivity index (χ1) is 10.0. The van der Waals surface area contributed by atoms with Crippen LogP contribution >= 0.6 is 0 Å². The minimum atomic E-state index is -1.18. The van der Waals surface area contributed by atoms with E-state index in [1.807, 2.05) is 0 Å². The second-order valence-electron chi connectivity index (χ2n) is 4.75. The molecule has 0 aromatic heterocycles. The zero-order valence-corrected chi connectivity index (χ0v) is 11.6. The largest absolute Gasteiger partial charge is 0.488 e. The van der Waals surface area contributed by atoms with E-state index in [1.165, 1.54) is 7.11 Å². The van der Waals surface area contributed by atoms with Crippen molar-refractivity contribution in [3.05, 3.63) is 29.8 Å². The minimum Gasteiger partial charge on any atom is -0.488 e. The minimum absolute atomic E-state index is 0.0957. The molecule has 1 amide bonds. The van der Waals surface area contributed by atoms with Crippen molar-refractivity contribution in [1.29, 1.82) is 0 Å². The monoisotopic (exact) mass is 295 g/mol. The lowest BCUT2D eigenvalue weighted by molar-refractivity contribution is -0.145. The number of nitrogens with zero attached hydrogens (tertiary/aromatic N) is 1. The van der Waals surface area contributed by atoms with Crippen LogP contribution in [0.4, 0.5) is 4.79 Å². The van der Waals surface area contributed by atoms with Crippen LogP contribution in [0.3, 0.4) is 0 Å². The second kappa shape index (κ2) is 6.45. The molecule has 2 N–H and O–H groups in total. The summed E-state index contributed by atoms with van der Waals surface area (Å²) >= 11 is 0. The van der Waals surface area contributed by atoms with E-state index in [9.17, 15) is 9.59 Å². The zero-order chi connectivity index (χ0) is 15.4. The Kier molecular flexibility index (Phi) is 4.64. The molecule has 1 aromatic carbocycles. The van der Waals surface area contributed by atoms with Crippen LogP contribution in [-0.2, 0) is 16.1 Å². The number of ether oxygens (including phenoxy) is 2. The van der Waals surface area contributed by atoms with E-state index >= 15 is 0 Å². The predicted octanol–water partition coefficient (Wildman–Crippen LogP) is 0.852. The molecule has 0 aliphatic carbocycles. The Morgan fingerprint density at radius 1 is 1.43 bits per heavy atom. The van der Waals surface area contributed by atoms with Crippen molar-refractivity contribution in [3.8, 4) is 5.75 Å². The molecule has 21 heavy (non-hydrogen) atoms. The Balaban J connectivity index is 2.08. The summed E-state index contributed by atoms with van der Waals surface area (Å²) in [5.74, 6) is -0.0602. The average Bonchev–Trinajstić information content (AvgIpc) is 2.90. The third-order valence-corrected chi connectivity index (χ3v) is 3.37. The molecular formula is C14H17NO6. The lowest BCUT2D eigenvalue weighted by atomic mass is 10.2. The molecule has 1 heterocycles. The highest BCUT2D eigenvalue weighted by Crippen LogP contribution is 2.24. The molecule has 7 nitrogen and oxygen atoms in total. The van der Waals surface area contributed by atoms with E-state index in [4.69, 9.17) is 14.9 Å². The molecule has 0 bridgehead atoms. The van der Waals surface area contributed by atoms with E-state index in [1.54, 1.807) is 24.3 Å². The molecular weight excluding hydrogens is 278 g/mol. The van der Waals surface area contributed by atoms with Gasteiger partial charge in [0.1, 0.15) is 17.9 Å². The Morgan fingerprint density at radius 3 is 2.81 bits per heavy atom. The van der Waals surface area contributed by atoms with Crippen LogP contribution in [0, 0.1) is 0 Å². The summed E-state index contributed by atoms with van der Waals surface area (Å²) in [6.45, 7) is -0.00758. The highest BCUT2D eigenvalue weighted by atomic mass is 16.5. The van der Waals surface area contributed by atoms with E-state index in [2.05, 4.69) is 4.74 Å². The maximum atomic E-state index is 11.6. The Hall–Kier alpha value is -2.28. The van der Waals surface area contributed by atoms with E-state index in [0.717, 1.165) is 4.90 Å². The zero-order valence-electron chi connectivity index (χ0n) is 11.6. The number of esters is 1. The number of rotatable bonds is 4. The van der Waals surface area contributed by atoms with Crippen LogP contribution < -0.4 is 4.74 Å². The van der Waals surface area contributed by atoms with Gasteiger partial charge in [-0.15, -0.1) is 0 Å². The van der Waals surface area contributed by atoms with Gasteiger partial charge in [0.25, 0.3) is 0 Å². The number of likely N-dealkylation sites (tertiary alicyclic amines) is 1. The van der Waals surface area contributed by atoms with Crippen molar-refractivity contribution in [3.63, 3.8) is 0 Å². The van der Waals surface area contributed by atoms with Crippen LogP contribution in [-0.4, -0.2) is 53.0 Å². The van der Waals surface area contributed by atoms with E-state index in [-0.39, 0.29) is 19.6 Å². The smallest absolute Gasteiger partial charge is 0.408 e. The van der Waals surface area contributed by atoms with Crippen LogP contribution in [0.15, 0.2) is 24.3 Å². The molecule has 1 fully saturated rings. The maximum absolute atomic E-state index is 11.6. The summed E-state index contributed by atoms with van der Waals surface area (Å²) in [4.78, 5) is 23.8. The molecule has 1 saturated heterocycles. The number of hydrogen-bond acceptors (Lipinski definition) is 5. The van der Waals surface area contributed by atoms with Crippen LogP contribution in [0.5, 0.6) is 5.75 Å². The number of aliphatic hydroxyl groups excluding tert-OH is 1. The average molecular weight is 295 g/mol. The number of carbonyl (C=O) groups excluding carboxylic acids is 1. The summed E-state index contributed by atoms with van der Waals surface area (Å²) in [5, 5.41) is 18.2. The fraction of sp³-hybridized carbons (Fsp3) is 0.429. The standard InChI is InChI=1S/C14H17NO6/c1-20-13(17)12-6-11(7-15(12)14(18)19)21-10-4-2-3-9(5-10)8-16/h2-5,11-12,16H,6-8H2,1H3,(H,18,19). The van der Waals surface area contributed by atoms with Gasteiger partial charge in [-0.25, -0.2) is 9.59 Å². The van der Waals surface area contributed by atoms with Crippen molar-refractivity contribution in [1.82, 2.24) is 4.90 Å². The normalized spacial score (nSPS) is 21.1. The molecule has 2 atom stereocenters. The second-order valence-corrected chi connectivity index (χ2v) is 4.75. The molecule has 1 aliphatic heterocycles. The third kappa shape index (κ3) is 3.43. The summed E-state index contributed by atoms with van der Waals surface area (Å²) in [7, 11) is 1.22. The summed E-state index contributed by atoms with van der Waals surface area (Å²) in [5.41, 5.74) is 0.699. The first-order valence-corrected chi connectivity index (χ1v) is 6.49. The Bertz CT molecular complexity index is 532. The highest BCUT2D eigenvalue weighted by Gasteiger charge is 2.41. The molecule has 0 saturated carbocycles. The van der Waals surface area contributed by atoms with Crippen LogP contribution in [0.1, 0.15) is 12.0 Å². The molecule has 0 spiro atoms. The van der Waals surface area contributed by atoms with Crippen molar-refractivity contribution < 1.29 is 29.3 Å². The predicted molar refractivity (Wildman–Crippen MR) is 71.9 cm³/mol. The van der Waals surface area contributed by atoms with E-state index < -0.39 is 24.2 Å². The van der Waals surface area contributed by atoms with Gasteiger partial charge in [0.05, 0.1) is 20.3 Å². The first kappa shape index (κ1) is 15.1. The van der Waals surface area contributed by atoms with Crippen LogP contribution in [0.2, 0.25) is 0 Å². The quantitative estimate of drug-likeness (QED) is 0.799. The number of carboxylic acid groups (broad SMARTS) is 1. The van der Waals surface area contributed by atoms with E-state index in [0.29, 0.717) is 11.3 Å². The first-order valence-electron chi connectivity index (χ1n) is 6.49. The SMILES string of the molecule is COC(=O)C1CC(Oc2cccc(CO)c2)CN1C(=O)O. The number of hydrogen-bond donors (Lipinski definition) is 2. The van der Waals surface area contributed by atoms with Gasteiger partial charge in [-0.2, -0.15) is 0 Å². The Labute approximate surface area is 121 Å². The van der Waals surface area contributed by atoms with Crippen molar-refractivity contribution in [2.75, 3.05) is 13.7 Å². The number of methoxy groups -OCH3 is 1. The Morgan fingerprint density at radius 2 is 2.19 bits per heavy atom. The summed E-state index contributed by atoms with van der Waals surface area (Å²) < 4.78 is 10.3. The third-order valence-electron chi connectivity index (χ3n) is 3.37. The highest BCUT2D eigenvalue weighted by molar-refractivity contribution is 5.81. The summed E-state index contributed by atoms with van der Waals surface area (Å²) in [6.07, 6.45) is -1.37. The number of benzene rings is 1. The molecule has 1 aliphatic rings. The van der Waals surface area contributed by atoms with Crippen LogP contribution in [0.25, 0.3) is 0 Å². The molecule has 2 rings (SSSR count). The number of aliphatic hydroxyl groups is 1. The fourth-order valence-electron chi connectivity index (χ4n) is 2.36. The number of carbonyl (C=O) groups is 2. The van der Waals surface area contributed by atoms with Gasteiger partial charge in [0.2, 0.25) is 0 Å². The van der Waals surface area contributed by atoms with Gasteiger partial charge in [-0.05, 0) is 17.7 Å². The molecule has 1 aromatic rings. The fourth-order valence-corrected chi connectivity index (χ4v) is 2.36. The topological polar surface area (TPSA) is 96.3 Å². The molecule has 7 heteroatoms. The van der Waals surface area contributed by atoms with Gasteiger partial charge in [-0.3, -0.25) is 4.90 Å². The number of amides is 1. The lowest BCUT2D eigenvalue weighted by Gasteiger charge is -2.18. The maximum Gasteiger partial charge on any atom is 0.408 e. The molecule has 114 valence electrons. The molecule has 0 radical (unpaired) electrons.